The maximum atomic E-state index is 9.14. The fourth-order valence-electron chi connectivity index (χ4n) is 1.99. The second kappa shape index (κ2) is 6.45. The van der Waals surface area contributed by atoms with Gasteiger partial charge in [-0.05, 0) is 36.1 Å². The van der Waals surface area contributed by atoms with Crippen molar-refractivity contribution < 1.29 is 4.74 Å². The van der Waals surface area contributed by atoms with Gasteiger partial charge in [0.25, 0.3) is 0 Å². The molecule has 2 nitrogen and oxygen atoms in total. The lowest BCUT2D eigenvalue weighted by molar-refractivity contribution is 0.469. The van der Waals surface area contributed by atoms with Gasteiger partial charge in [0.1, 0.15) is 17.6 Å². The normalized spacial score (nSPS) is 11.7. The molecule has 0 aliphatic carbocycles. The minimum atomic E-state index is 0.399. The van der Waals surface area contributed by atoms with Gasteiger partial charge in [-0.1, -0.05) is 43.6 Å². The average Bonchev–Trinajstić information content (AvgIpc) is 2.47. The van der Waals surface area contributed by atoms with Crippen molar-refractivity contribution in [2.24, 2.45) is 0 Å². The fraction of sp³-hybridized carbons (Fsp3) is 0.235. The molecule has 0 N–H and O–H groups in total. The molecule has 0 heterocycles. The van der Waals surface area contributed by atoms with Crippen LogP contribution < -0.4 is 4.74 Å². The lowest BCUT2D eigenvalue weighted by atomic mass is 9.98. The number of halogens is 1. The average molecular weight is 286 g/mol. The van der Waals surface area contributed by atoms with Gasteiger partial charge in [-0.25, -0.2) is 0 Å². The largest absolute Gasteiger partial charge is 0.456 e. The number of nitrogens with zero attached hydrogens (tertiary/aromatic N) is 1. The van der Waals surface area contributed by atoms with Crippen LogP contribution in [0.2, 0.25) is 5.02 Å². The summed E-state index contributed by atoms with van der Waals surface area (Å²) in [5.41, 5.74) is 1.62. The van der Waals surface area contributed by atoms with E-state index in [9.17, 15) is 0 Å². The Bertz CT molecular complexity index is 646. The van der Waals surface area contributed by atoms with E-state index in [-0.39, 0.29) is 0 Å². The minimum Gasteiger partial charge on any atom is -0.456 e. The highest BCUT2D eigenvalue weighted by Gasteiger charge is 2.12. The second-order valence-electron chi connectivity index (χ2n) is 4.70. The minimum absolute atomic E-state index is 0.399. The molecule has 20 heavy (non-hydrogen) atoms. The van der Waals surface area contributed by atoms with Gasteiger partial charge in [-0.3, -0.25) is 0 Å². The summed E-state index contributed by atoms with van der Waals surface area (Å²) in [6.45, 7) is 4.30. The molecule has 0 aliphatic rings. The molecule has 0 spiro atoms. The first-order valence-corrected chi connectivity index (χ1v) is 7.00. The Morgan fingerprint density at radius 3 is 2.65 bits per heavy atom. The van der Waals surface area contributed by atoms with E-state index >= 15 is 0 Å². The third-order valence-corrected chi connectivity index (χ3v) is 3.58. The smallest absolute Gasteiger partial charge is 0.146 e. The van der Waals surface area contributed by atoms with Crippen molar-refractivity contribution in [3.63, 3.8) is 0 Å². The Labute approximate surface area is 124 Å². The van der Waals surface area contributed by atoms with E-state index in [1.54, 1.807) is 18.2 Å². The maximum Gasteiger partial charge on any atom is 0.146 e. The van der Waals surface area contributed by atoms with Gasteiger partial charge in [0.15, 0.2) is 0 Å². The number of para-hydroxylation sites is 1. The molecule has 3 heteroatoms. The van der Waals surface area contributed by atoms with E-state index in [0.717, 1.165) is 17.7 Å². The van der Waals surface area contributed by atoms with E-state index < -0.39 is 0 Å². The van der Waals surface area contributed by atoms with Crippen LogP contribution in [0.15, 0.2) is 42.5 Å². The molecule has 0 amide bonds. The Hall–Kier alpha value is -1.98. The molecule has 2 aromatic carbocycles. The summed E-state index contributed by atoms with van der Waals surface area (Å²) in [7, 11) is 0. The topological polar surface area (TPSA) is 33.0 Å². The standard InChI is InChI=1S/C17H16ClNO/c1-3-12(2)15-6-4-5-7-16(15)20-17-10-14(18)9-8-13(17)11-19/h4-10,12H,3H2,1-2H3. The molecule has 102 valence electrons. The first-order chi connectivity index (χ1) is 9.65. The number of nitriles is 1. The lowest BCUT2D eigenvalue weighted by Crippen LogP contribution is -1.97. The number of hydrogen-bond acceptors (Lipinski definition) is 2. The highest BCUT2D eigenvalue weighted by molar-refractivity contribution is 6.30. The highest BCUT2D eigenvalue weighted by Crippen LogP contribution is 2.34. The van der Waals surface area contributed by atoms with Crippen LogP contribution in [0.5, 0.6) is 11.5 Å². The van der Waals surface area contributed by atoms with Gasteiger partial charge in [0.05, 0.1) is 5.56 Å². The Kier molecular flexibility index (Phi) is 4.65. The van der Waals surface area contributed by atoms with Crippen LogP contribution in [0.3, 0.4) is 0 Å². The summed E-state index contributed by atoms with van der Waals surface area (Å²) in [6, 6.07) is 15.1. The van der Waals surface area contributed by atoms with Gasteiger partial charge in [-0.15, -0.1) is 0 Å². The van der Waals surface area contributed by atoms with Gasteiger partial charge >= 0.3 is 0 Å². The van der Waals surface area contributed by atoms with Gasteiger partial charge in [0, 0.05) is 11.1 Å². The first-order valence-electron chi connectivity index (χ1n) is 6.62. The third-order valence-electron chi connectivity index (χ3n) is 3.35. The van der Waals surface area contributed by atoms with Gasteiger partial charge in [-0.2, -0.15) is 5.26 Å². The third kappa shape index (κ3) is 3.12. The highest BCUT2D eigenvalue weighted by atomic mass is 35.5. The van der Waals surface area contributed by atoms with E-state index in [2.05, 4.69) is 26.0 Å². The molecule has 1 atom stereocenters. The monoisotopic (exact) mass is 285 g/mol. The van der Waals surface area contributed by atoms with Crippen LogP contribution in [0.4, 0.5) is 0 Å². The molecule has 0 fully saturated rings. The van der Waals surface area contributed by atoms with Crippen molar-refractivity contribution in [1.82, 2.24) is 0 Å². The van der Waals surface area contributed by atoms with Crippen LogP contribution in [-0.4, -0.2) is 0 Å². The molecule has 2 rings (SSSR count). The predicted octanol–water partition coefficient (Wildman–Crippen LogP) is 5.52. The fourth-order valence-corrected chi connectivity index (χ4v) is 2.15. The second-order valence-corrected chi connectivity index (χ2v) is 5.14. The van der Waals surface area contributed by atoms with Crippen molar-refractivity contribution in [3.8, 4) is 17.6 Å². The molecule has 0 radical (unpaired) electrons. The zero-order valence-corrected chi connectivity index (χ0v) is 12.3. The van der Waals surface area contributed by atoms with Crippen LogP contribution in [-0.2, 0) is 0 Å². The molecular formula is C17H16ClNO. The molecule has 0 saturated carbocycles. The van der Waals surface area contributed by atoms with Crippen molar-refractivity contribution in [2.75, 3.05) is 0 Å². The quantitative estimate of drug-likeness (QED) is 0.741. The van der Waals surface area contributed by atoms with Crippen molar-refractivity contribution in [1.29, 1.82) is 5.26 Å². The molecule has 0 aromatic heterocycles. The summed E-state index contributed by atoms with van der Waals surface area (Å²) in [5, 5.41) is 9.69. The van der Waals surface area contributed by atoms with Crippen LogP contribution in [0.25, 0.3) is 0 Å². The summed E-state index contributed by atoms with van der Waals surface area (Å²) < 4.78 is 5.93. The Morgan fingerprint density at radius 1 is 1.20 bits per heavy atom. The molecule has 2 aromatic rings. The van der Waals surface area contributed by atoms with Crippen molar-refractivity contribution >= 4 is 11.6 Å². The van der Waals surface area contributed by atoms with Gasteiger partial charge in [0.2, 0.25) is 0 Å². The van der Waals surface area contributed by atoms with Crippen LogP contribution in [0.1, 0.15) is 37.3 Å². The summed E-state index contributed by atoms with van der Waals surface area (Å²) >= 11 is 5.98. The van der Waals surface area contributed by atoms with Crippen LogP contribution in [0, 0.1) is 11.3 Å². The van der Waals surface area contributed by atoms with E-state index in [1.807, 2.05) is 18.2 Å². The van der Waals surface area contributed by atoms with Crippen molar-refractivity contribution in [2.45, 2.75) is 26.2 Å². The summed E-state index contributed by atoms with van der Waals surface area (Å²) in [6.07, 6.45) is 1.03. The molecule has 0 saturated heterocycles. The number of ether oxygens (including phenoxy) is 1. The van der Waals surface area contributed by atoms with Crippen LogP contribution >= 0.6 is 11.6 Å². The maximum absolute atomic E-state index is 9.14. The Balaban J connectivity index is 2.41. The molecule has 0 bridgehead atoms. The van der Waals surface area contributed by atoms with Crippen molar-refractivity contribution in [3.05, 3.63) is 58.6 Å². The Morgan fingerprint density at radius 2 is 1.95 bits per heavy atom. The summed E-state index contributed by atoms with van der Waals surface area (Å²) in [5.74, 6) is 1.67. The first kappa shape index (κ1) is 14.4. The number of rotatable bonds is 4. The van der Waals surface area contributed by atoms with E-state index in [4.69, 9.17) is 21.6 Å². The SMILES string of the molecule is CCC(C)c1ccccc1Oc1cc(Cl)ccc1C#N. The number of hydrogen-bond donors (Lipinski definition) is 0. The molecule has 1 unspecified atom stereocenters. The lowest BCUT2D eigenvalue weighted by Gasteiger charge is -2.16. The predicted molar refractivity (Wildman–Crippen MR) is 81.4 cm³/mol. The summed E-state index contributed by atoms with van der Waals surface area (Å²) in [4.78, 5) is 0. The number of benzene rings is 2. The van der Waals surface area contributed by atoms with Gasteiger partial charge < -0.3 is 4.74 Å². The molecular weight excluding hydrogens is 270 g/mol. The van der Waals surface area contributed by atoms with E-state index in [1.165, 1.54) is 0 Å². The zero-order chi connectivity index (χ0) is 14.5. The van der Waals surface area contributed by atoms with E-state index in [0.29, 0.717) is 22.3 Å². The molecule has 0 aliphatic heterocycles. The zero-order valence-electron chi connectivity index (χ0n) is 11.6.